The Morgan fingerprint density at radius 2 is 2.21 bits per heavy atom. The molecule has 1 aliphatic rings. The van der Waals surface area contributed by atoms with Crippen LogP contribution < -0.4 is 10.6 Å². The van der Waals surface area contributed by atoms with E-state index < -0.39 is 11.7 Å². The van der Waals surface area contributed by atoms with Gasteiger partial charge in [0.15, 0.2) is 0 Å². The van der Waals surface area contributed by atoms with E-state index in [1.54, 1.807) is 17.8 Å². The number of aromatic nitrogens is 4. The molecule has 0 saturated carbocycles. The third kappa shape index (κ3) is 2.97. The van der Waals surface area contributed by atoms with Gasteiger partial charge in [-0.25, -0.2) is 11.6 Å². The first-order valence-electron chi connectivity index (χ1n) is 7.28. The van der Waals surface area contributed by atoms with Crippen molar-refractivity contribution in [2.24, 2.45) is 0 Å². The van der Waals surface area contributed by atoms with Crippen LogP contribution in [0.2, 0.25) is 0 Å². The zero-order valence-corrected chi connectivity index (χ0v) is 12.7. The third-order valence-electron chi connectivity index (χ3n) is 3.63. The zero-order valence-electron chi connectivity index (χ0n) is 12.7. The van der Waals surface area contributed by atoms with Crippen molar-refractivity contribution in [2.45, 2.75) is 32.1 Å². The topological polar surface area (TPSA) is 72.0 Å². The van der Waals surface area contributed by atoms with E-state index in [0.717, 1.165) is 11.9 Å². The maximum absolute atomic E-state index is 13.0. The monoisotopic (exact) mass is 337 g/mol. The number of alkyl halides is 3. The van der Waals surface area contributed by atoms with Gasteiger partial charge >= 0.3 is 6.18 Å². The number of nitrogens with one attached hydrogen (secondary N) is 2. The summed E-state index contributed by atoms with van der Waals surface area (Å²) in [6.45, 7) is 9.58. The predicted octanol–water partition coefficient (Wildman–Crippen LogP) is 2.71. The van der Waals surface area contributed by atoms with Gasteiger partial charge in [0.2, 0.25) is 12.0 Å². The largest absolute Gasteiger partial charge is 0.421 e. The highest BCUT2D eigenvalue weighted by atomic mass is 19.4. The lowest BCUT2D eigenvalue weighted by atomic mass is 10.2. The van der Waals surface area contributed by atoms with Crippen molar-refractivity contribution in [3.8, 4) is 0 Å². The number of rotatable bonds is 4. The van der Waals surface area contributed by atoms with Gasteiger partial charge in [0, 0.05) is 12.7 Å². The van der Waals surface area contributed by atoms with Crippen LogP contribution in [0.4, 0.5) is 30.6 Å². The predicted molar refractivity (Wildman–Crippen MR) is 80.8 cm³/mol. The van der Waals surface area contributed by atoms with Gasteiger partial charge in [-0.1, -0.05) is 0 Å². The summed E-state index contributed by atoms with van der Waals surface area (Å²) in [7, 11) is 0. The first-order chi connectivity index (χ1) is 11.4. The zero-order chi connectivity index (χ0) is 17.3. The number of anilines is 3. The van der Waals surface area contributed by atoms with Crippen LogP contribution in [-0.2, 0) is 19.1 Å². The van der Waals surface area contributed by atoms with Gasteiger partial charge in [-0.3, -0.25) is 4.68 Å². The van der Waals surface area contributed by atoms with Gasteiger partial charge in [0.05, 0.1) is 24.0 Å². The fourth-order valence-electron chi connectivity index (χ4n) is 2.53. The maximum atomic E-state index is 13.0. The highest BCUT2D eigenvalue weighted by molar-refractivity contribution is 5.59. The Hall–Kier alpha value is -2.83. The van der Waals surface area contributed by atoms with Gasteiger partial charge in [-0.15, -0.1) is 0 Å². The van der Waals surface area contributed by atoms with Gasteiger partial charge in [0.1, 0.15) is 17.9 Å². The Labute approximate surface area is 135 Å². The van der Waals surface area contributed by atoms with Crippen molar-refractivity contribution < 1.29 is 13.2 Å². The maximum Gasteiger partial charge on any atom is 0.421 e. The van der Waals surface area contributed by atoms with Crippen LogP contribution in [0.1, 0.15) is 18.2 Å². The molecular formula is C14H14F3N7. The average Bonchev–Trinajstić information content (AvgIpc) is 3.08. The summed E-state index contributed by atoms with van der Waals surface area (Å²) < 4.78 is 40.6. The molecule has 1 unspecified atom stereocenters. The molecule has 3 rings (SSSR count). The first-order valence-corrected chi connectivity index (χ1v) is 7.28. The molecule has 1 atom stereocenters. The van der Waals surface area contributed by atoms with Crippen LogP contribution in [0.5, 0.6) is 0 Å². The summed E-state index contributed by atoms with van der Waals surface area (Å²) >= 11 is 0. The molecule has 0 radical (unpaired) electrons. The molecule has 2 aromatic rings. The van der Waals surface area contributed by atoms with Crippen LogP contribution in [-0.4, -0.2) is 32.3 Å². The second-order valence-electron chi connectivity index (χ2n) is 5.28. The van der Waals surface area contributed by atoms with E-state index in [1.807, 2.05) is 0 Å². The van der Waals surface area contributed by atoms with Crippen molar-refractivity contribution >= 4 is 17.5 Å². The second-order valence-corrected chi connectivity index (χ2v) is 5.28. The molecule has 0 fully saturated rings. The molecule has 0 aliphatic carbocycles. The van der Waals surface area contributed by atoms with Crippen LogP contribution in [0.25, 0.3) is 4.85 Å². The van der Waals surface area contributed by atoms with Crippen LogP contribution in [0, 0.1) is 6.57 Å². The molecule has 3 heterocycles. The molecule has 0 spiro atoms. The molecule has 0 saturated heterocycles. The summed E-state index contributed by atoms with van der Waals surface area (Å²) in [5.74, 6) is -0.230. The van der Waals surface area contributed by atoms with E-state index in [1.165, 1.54) is 0 Å². The van der Waals surface area contributed by atoms with E-state index in [9.17, 15) is 13.2 Å². The van der Waals surface area contributed by atoms with Crippen molar-refractivity contribution in [3.63, 3.8) is 0 Å². The number of halogens is 3. The second kappa shape index (κ2) is 5.99. The van der Waals surface area contributed by atoms with Gasteiger partial charge in [0.25, 0.3) is 0 Å². The number of hydrogen-bond donors (Lipinski definition) is 2. The Kier molecular flexibility index (Phi) is 4.01. The van der Waals surface area contributed by atoms with Crippen molar-refractivity contribution in [1.82, 2.24) is 19.7 Å². The quantitative estimate of drug-likeness (QED) is 0.840. The molecule has 126 valence electrons. The number of nitrogens with zero attached hydrogens (tertiary/aromatic N) is 5. The first kappa shape index (κ1) is 16.0. The van der Waals surface area contributed by atoms with E-state index in [-0.39, 0.29) is 17.8 Å². The summed E-state index contributed by atoms with van der Waals surface area (Å²) in [6, 6.07) is -0.167. The summed E-state index contributed by atoms with van der Waals surface area (Å²) in [5.41, 5.74) is 0.510. The Morgan fingerprint density at radius 1 is 1.42 bits per heavy atom. The lowest BCUT2D eigenvalue weighted by molar-refractivity contribution is -0.137. The van der Waals surface area contributed by atoms with Crippen LogP contribution in [0.15, 0.2) is 12.4 Å². The fourth-order valence-corrected chi connectivity index (χ4v) is 2.53. The van der Waals surface area contributed by atoms with Gasteiger partial charge in [-0.05, 0) is 6.92 Å². The standard InChI is InChI=1S/C14H14F3N7/c1-3-19-12-9(14(15,16)17)5-20-13(23-12)22-10-6-21-24-7-8(18-2)4-11(10)24/h5-6,8H,3-4,7H2,1H3,(H2,19,20,22,23). The summed E-state index contributed by atoms with van der Waals surface area (Å²) in [6.07, 6.45) is -1.69. The Bertz CT molecular complexity index is 791. The molecule has 0 amide bonds. The molecule has 1 aliphatic heterocycles. The van der Waals surface area contributed by atoms with Crippen LogP contribution in [0.3, 0.4) is 0 Å². The number of hydrogen-bond acceptors (Lipinski definition) is 5. The lowest BCUT2D eigenvalue weighted by Gasteiger charge is -2.13. The third-order valence-corrected chi connectivity index (χ3v) is 3.63. The molecule has 2 N–H and O–H groups in total. The highest BCUT2D eigenvalue weighted by Gasteiger charge is 2.35. The van der Waals surface area contributed by atoms with Crippen molar-refractivity contribution in [2.75, 3.05) is 17.2 Å². The van der Waals surface area contributed by atoms with E-state index in [0.29, 0.717) is 25.2 Å². The molecule has 7 nitrogen and oxygen atoms in total. The molecular weight excluding hydrogens is 323 g/mol. The smallest absolute Gasteiger partial charge is 0.370 e. The molecule has 24 heavy (non-hydrogen) atoms. The minimum atomic E-state index is -4.53. The molecule has 0 bridgehead atoms. The summed E-state index contributed by atoms with van der Waals surface area (Å²) in [5, 5.41) is 9.66. The van der Waals surface area contributed by atoms with Gasteiger partial charge in [-0.2, -0.15) is 23.3 Å². The lowest BCUT2D eigenvalue weighted by Crippen LogP contribution is -2.14. The minimum Gasteiger partial charge on any atom is -0.370 e. The van der Waals surface area contributed by atoms with Crippen molar-refractivity contribution in [3.05, 3.63) is 35.1 Å². The summed E-state index contributed by atoms with van der Waals surface area (Å²) in [4.78, 5) is 11.2. The van der Waals surface area contributed by atoms with E-state index in [4.69, 9.17) is 6.57 Å². The Balaban J connectivity index is 1.87. The molecule has 10 heteroatoms. The van der Waals surface area contributed by atoms with Crippen LogP contribution >= 0.6 is 0 Å². The van der Waals surface area contributed by atoms with Gasteiger partial charge < -0.3 is 15.5 Å². The minimum absolute atomic E-state index is 0.0426. The fraction of sp³-hybridized carbons (Fsp3) is 0.429. The molecule has 0 aromatic carbocycles. The normalized spacial score (nSPS) is 16.5. The Morgan fingerprint density at radius 3 is 2.88 bits per heavy atom. The number of fused-ring (bicyclic) bond motifs is 1. The SMILES string of the molecule is [C-]#[N+]C1Cc2c(Nc3ncc(C(F)(F)F)c(NCC)n3)cnn2C1. The highest BCUT2D eigenvalue weighted by Crippen LogP contribution is 2.34. The average molecular weight is 337 g/mol. The van der Waals surface area contributed by atoms with Crippen molar-refractivity contribution in [1.29, 1.82) is 0 Å². The van der Waals surface area contributed by atoms with E-state index >= 15 is 0 Å². The molecule has 2 aromatic heterocycles. The van der Waals surface area contributed by atoms with E-state index in [2.05, 4.69) is 30.5 Å².